The Morgan fingerprint density at radius 1 is 1.20 bits per heavy atom. The van der Waals surface area contributed by atoms with Gasteiger partial charge in [0, 0.05) is 11.3 Å². The van der Waals surface area contributed by atoms with E-state index in [9.17, 15) is 9.90 Å². The van der Waals surface area contributed by atoms with Crippen LogP contribution >= 0.6 is 11.8 Å². The molecule has 4 aromatic rings. The first-order valence-electron chi connectivity index (χ1n) is 9.34. The number of anilines is 1. The van der Waals surface area contributed by atoms with Gasteiger partial charge >= 0.3 is 0 Å². The van der Waals surface area contributed by atoms with Crippen molar-refractivity contribution in [2.24, 2.45) is 5.10 Å². The number of hydrogen-bond acceptors (Lipinski definition) is 7. The van der Waals surface area contributed by atoms with Gasteiger partial charge in [-0.25, -0.2) is 9.67 Å². The maximum Gasteiger partial charge on any atom is 0.293 e. The second-order valence-electron chi connectivity index (χ2n) is 6.43. The lowest BCUT2D eigenvalue weighted by Crippen LogP contribution is -2.13. The Hall–Kier alpha value is -3.43. The number of nitrogens with one attached hydrogen (secondary N) is 2. The first-order chi connectivity index (χ1) is 14.7. The van der Waals surface area contributed by atoms with Crippen LogP contribution in [0.5, 0.6) is 0 Å². The van der Waals surface area contributed by atoms with Crippen molar-refractivity contribution in [1.82, 2.24) is 19.7 Å². The molecule has 30 heavy (non-hydrogen) atoms. The third-order valence-corrected chi connectivity index (χ3v) is 5.41. The van der Waals surface area contributed by atoms with Crippen molar-refractivity contribution in [3.63, 3.8) is 0 Å². The number of aromatic nitrogens is 4. The number of benzene rings is 2. The number of aryl methyl sites for hydroxylation is 1. The van der Waals surface area contributed by atoms with Crippen LogP contribution in [0.15, 0.2) is 69.5 Å². The Bertz CT molecular complexity index is 1250. The lowest BCUT2D eigenvalue weighted by molar-refractivity contribution is 0.322. The smallest absolute Gasteiger partial charge is 0.293 e. The zero-order valence-electron chi connectivity index (χ0n) is 16.2. The highest BCUT2D eigenvalue weighted by Gasteiger charge is 2.15. The Morgan fingerprint density at radius 2 is 1.97 bits per heavy atom. The predicted molar refractivity (Wildman–Crippen MR) is 120 cm³/mol. The number of aliphatic hydroxyl groups is 1. The molecule has 0 radical (unpaired) electrons. The molecule has 0 fully saturated rings. The fourth-order valence-electron chi connectivity index (χ4n) is 2.96. The number of rotatable bonds is 7. The van der Waals surface area contributed by atoms with Gasteiger partial charge in [-0.3, -0.25) is 10.2 Å². The summed E-state index contributed by atoms with van der Waals surface area (Å²) < 4.78 is 1.83. The molecule has 0 aliphatic rings. The van der Waals surface area contributed by atoms with E-state index in [0.717, 1.165) is 22.0 Å². The second-order valence-corrected chi connectivity index (χ2v) is 7.51. The number of para-hydroxylation sites is 3. The number of nitrogens with zero attached hydrogens (tertiary/aromatic N) is 4. The normalized spacial score (nSPS) is 11.4. The standard InChI is InChI=1S/C21H20N6O2S/c1-14-16(21(30-12-11-28)27(26-14)15-7-3-2-4-8-15)13-22-25-19-20(29)24-18-10-6-5-9-17(18)23-19/h2-10,13,28H,11-12H2,1H3,(H,23,25)(H,24,29)/b22-13+. The minimum atomic E-state index is -0.350. The fraction of sp³-hybridized carbons (Fsp3) is 0.143. The monoisotopic (exact) mass is 420 g/mol. The summed E-state index contributed by atoms with van der Waals surface area (Å²) in [4.78, 5) is 19.3. The van der Waals surface area contributed by atoms with Crippen LogP contribution < -0.4 is 11.0 Å². The van der Waals surface area contributed by atoms with Crippen LogP contribution in [-0.2, 0) is 0 Å². The first kappa shape index (κ1) is 19.9. The van der Waals surface area contributed by atoms with Crippen LogP contribution in [0.4, 0.5) is 5.82 Å². The minimum absolute atomic E-state index is 0.0505. The van der Waals surface area contributed by atoms with Crippen LogP contribution in [-0.4, -0.2) is 43.4 Å². The molecule has 0 aliphatic heterocycles. The average Bonchev–Trinajstić information content (AvgIpc) is 3.08. The van der Waals surface area contributed by atoms with Gasteiger partial charge in [-0.2, -0.15) is 10.2 Å². The van der Waals surface area contributed by atoms with Crippen LogP contribution in [0.2, 0.25) is 0 Å². The van der Waals surface area contributed by atoms with E-state index >= 15 is 0 Å². The van der Waals surface area contributed by atoms with Gasteiger partial charge < -0.3 is 10.1 Å². The number of aromatic amines is 1. The molecular formula is C21H20N6O2S. The van der Waals surface area contributed by atoms with Gasteiger partial charge in [0.2, 0.25) is 5.82 Å². The Kier molecular flexibility index (Phi) is 5.92. The van der Waals surface area contributed by atoms with E-state index in [1.807, 2.05) is 60.1 Å². The van der Waals surface area contributed by atoms with Gasteiger partial charge in [-0.05, 0) is 31.2 Å². The molecule has 0 spiro atoms. The zero-order valence-corrected chi connectivity index (χ0v) is 17.1. The summed E-state index contributed by atoms with van der Waals surface area (Å²) >= 11 is 1.49. The van der Waals surface area contributed by atoms with Gasteiger partial charge in [0.05, 0.1) is 35.2 Å². The van der Waals surface area contributed by atoms with Gasteiger partial charge in [0.15, 0.2) is 0 Å². The highest BCUT2D eigenvalue weighted by Crippen LogP contribution is 2.27. The summed E-state index contributed by atoms with van der Waals surface area (Å²) in [6.45, 7) is 1.94. The van der Waals surface area contributed by atoms with Gasteiger partial charge in [-0.15, -0.1) is 11.8 Å². The topological polar surface area (TPSA) is 108 Å². The van der Waals surface area contributed by atoms with Gasteiger partial charge in [0.25, 0.3) is 5.56 Å². The summed E-state index contributed by atoms with van der Waals surface area (Å²) in [5, 5.41) is 19.0. The summed E-state index contributed by atoms with van der Waals surface area (Å²) in [6.07, 6.45) is 1.62. The summed E-state index contributed by atoms with van der Waals surface area (Å²) in [6, 6.07) is 17.1. The molecule has 0 amide bonds. The van der Waals surface area contributed by atoms with E-state index in [1.165, 1.54) is 11.8 Å². The summed E-state index contributed by atoms with van der Waals surface area (Å²) in [5.41, 5.74) is 6.23. The van der Waals surface area contributed by atoms with E-state index in [1.54, 1.807) is 12.3 Å². The van der Waals surface area contributed by atoms with Crippen molar-refractivity contribution in [1.29, 1.82) is 0 Å². The maximum absolute atomic E-state index is 12.2. The van der Waals surface area contributed by atoms with Crippen molar-refractivity contribution >= 4 is 34.8 Å². The molecule has 2 heterocycles. The predicted octanol–water partition coefficient (Wildman–Crippen LogP) is 2.95. The van der Waals surface area contributed by atoms with Crippen LogP contribution in [0.1, 0.15) is 11.3 Å². The van der Waals surface area contributed by atoms with Crippen LogP contribution in [0.3, 0.4) is 0 Å². The molecule has 0 saturated carbocycles. The molecule has 8 nitrogen and oxygen atoms in total. The Labute approximate surface area is 176 Å². The van der Waals surface area contributed by atoms with Gasteiger partial charge in [-0.1, -0.05) is 30.3 Å². The number of aliphatic hydroxyl groups excluding tert-OH is 1. The van der Waals surface area contributed by atoms with Crippen LogP contribution in [0, 0.1) is 6.92 Å². The van der Waals surface area contributed by atoms with Crippen molar-refractivity contribution in [2.45, 2.75) is 11.9 Å². The first-order valence-corrected chi connectivity index (χ1v) is 10.3. The van der Waals surface area contributed by atoms with Gasteiger partial charge in [0.1, 0.15) is 5.03 Å². The van der Waals surface area contributed by atoms with Crippen molar-refractivity contribution in [2.75, 3.05) is 17.8 Å². The molecule has 152 valence electrons. The van der Waals surface area contributed by atoms with E-state index in [4.69, 9.17) is 0 Å². The highest BCUT2D eigenvalue weighted by molar-refractivity contribution is 7.99. The van der Waals surface area contributed by atoms with E-state index in [0.29, 0.717) is 16.8 Å². The van der Waals surface area contributed by atoms with E-state index < -0.39 is 0 Å². The molecule has 2 aromatic carbocycles. The van der Waals surface area contributed by atoms with Crippen molar-refractivity contribution in [3.05, 3.63) is 76.2 Å². The molecule has 9 heteroatoms. The molecule has 3 N–H and O–H groups in total. The van der Waals surface area contributed by atoms with E-state index in [2.05, 4.69) is 25.6 Å². The number of hydrazone groups is 1. The summed E-state index contributed by atoms with van der Waals surface area (Å²) in [5.74, 6) is 0.639. The summed E-state index contributed by atoms with van der Waals surface area (Å²) in [7, 11) is 0. The number of H-pyrrole nitrogens is 1. The SMILES string of the molecule is Cc1nn(-c2ccccc2)c(SCCO)c1/C=N/Nc1nc2ccccc2[nH]c1=O. The lowest BCUT2D eigenvalue weighted by Gasteiger charge is -2.07. The Morgan fingerprint density at radius 3 is 2.77 bits per heavy atom. The molecular weight excluding hydrogens is 400 g/mol. The molecule has 0 aliphatic carbocycles. The minimum Gasteiger partial charge on any atom is -0.396 e. The lowest BCUT2D eigenvalue weighted by atomic mass is 10.3. The fourth-order valence-corrected chi connectivity index (χ4v) is 3.86. The molecule has 0 unspecified atom stereocenters. The second kappa shape index (κ2) is 8.93. The number of fused-ring (bicyclic) bond motifs is 1. The number of thioether (sulfide) groups is 1. The van der Waals surface area contributed by atoms with Crippen molar-refractivity contribution < 1.29 is 5.11 Å². The van der Waals surface area contributed by atoms with Crippen molar-refractivity contribution in [3.8, 4) is 5.69 Å². The third-order valence-electron chi connectivity index (χ3n) is 4.36. The van der Waals surface area contributed by atoms with E-state index in [-0.39, 0.29) is 18.0 Å². The molecule has 0 bridgehead atoms. The average molecular weight is 420 g/mol. The highest BCUT2D eigenvalue weighted by atomic mass is 32.2. The maximum atomic E-state index is 12.2. The molecule has 0 saturated heterocycles. The zero-order chi connectivity index (χ0) is 20.9. The number of hydrogen-bond donors (Lipinski definition) is 3. The molecule has 2 aromatic heterocycles. The van der Waals surface area contributed by atoms with Crippen LogP contribution in [0.25, 0.3) is 16.7 Å². The quantitative estimate of drug-likeness (QED) is 0.241. The largest absolute Gasteiger partial charge is 0.396 e. The third kappa shape index (κ3) is 4.12. The molecule has 4 rings (SSSR count). The Balaban J connectivity index is 1.65. The molecule has 0 atom stereocenters.